The Morgan fingerprint density at radius 1 is 1.31 bits per heavy atom. The molecular formula is C21H26ClN3O4. The van der Waals surface area contributed by atoms with Gasteiger partial charge in [0.1, 0.15) is 11.3 Å². The number of benzene rings is 1. The second-order valence-corrected chi connectivity index (χ2v) is 8.35. The Kier molecular flexibility index (Phi) is 5.44. The highest BCUT2D eigenvalue weighted by atomic mass is 35.5. The Bertz CT molecular complexity index is 949. The van der Waals surface area contributed by atoms with Crippen LogP contribution in [0.3, 0.4) is 0 Å². The first-order valence-corrected chi connectivity index (χ1v) is 10.5. The number of rotatable bonds is 5. The summed E-state index contributed by atoms with van der Waals surface area (Å²) in [6.07, 6.45) is 4.97. The SMILES string of the molecule is CCOC(=O)CN(C)Cc1cc2cc(Cl)c3c(c2o1)C1(CCCCC1)NC(=O)N3. The quantitative estimate of drug-likeness (QED) is 0.703. The van der Waals surface area contributed by atoms with Crippen molar-refractivity contribution in [1.82, 2.24) is 10.2 Å². The van der Waals surface area contributed by atoms with Crippen LogP contribution in [-0.4, -0.2) is 37.1 Å². The van der Waals surface area contributed by atoms with Gasteiger partial charge in [0.25, 0.3) is 0 Å². The fourth-order valence-corrected chi connectivity index (χ4v) is 4.82. The summed E-state index contributed by atoms with van der Waals surface area (Å²) in [4.78, 5) is 25.9. The molecule has 2 aromatic rings. The van der Waals surface area contributed by atoms with E-state index >= 15 is 0 Å². The highest BCUT2D eigenvalue weighted by Crippen LogP contribution is 2.48. The predicted octanol–water partition coefficient (Wildman–Crippen LogP) is 4.38. The maximum atomic E-state index is 12.3. The summed E-state index contributed by atoms with van der Waals surface area (Å²) in [6, 6.07) is 3.56. The van der Waals surface area contributed by atoms with Crippen LogP contribution in [0.5, 0.6) is 0 Å². The lowest BCUT2D eigenvalue weighted by atomic mass is 9.74. The van der Waals surface area contributed by atoms with Gasteiger partial charge in [-0.25, -0.2) is 4.79 Å². The summed E-state index contributed by atoms with van der Waals surface area (Å²) >= 11 is 6.55. The summed E-state index contributed by atoms with van der Waals surface area (Å²) in [7, 11) is 1.84. The van der Waals surface area contributed by atoms with Gasteiger partial charge in [-0.1, -0.05) is 30.9 Å². The number of esters is 1. The third kappa shape index (κ3) is 3.81. The molecule has 156 valence electrons. The van der Waals surface area contributed by atoms with E-state index in [-0.39, 0.29) is 18.5 Å². The van der Waals surface area contributed by atoms with Crippen LogP contribution in [0, 0.1) is 0 Å². The normalized spacial score (nSPS) is 17.9. The van der Waals surface area contributed by atoms with Gasteiger partial charge in [0, 0.05) is 10.9 Å². The van der Waals surface area contributed by atoms with E-state index in [0.29, 0.717) is 23.9 Å². The number of anilines is 1. The molecule has 0 bridgehead atoms. The Balaban J connectivity index is 1.71. The Labute approximate surface area is 174 Å². The zero-order valence-electron chi connectivity index (χ0n) is 16.8. The van der Waals surface area contributed by atoms with Crippen molar-refractivity contribution in [3.8, 4) is 0 Å². The molecule has 2 N–H and O–H groups in total. The number of nitrogens with zero attached hydrogens (tertiary/aromatic N) is 1. The molecule has 0 atom stereocenters. The first-order valence-electron chi connectivity index (χ1n) is 10.1. The molecule has 1 fully saturated rings. The standard InChI is InChI=1S/C21H26ClN3O4/c1-3-28-16(26)12-25(2)11-14-9-13-10-15(22)18-17(19(13)29-14)21(24-20(27)23-18)7-5-4-6-8-21/h9-10H,3-8,11-12H2,1-2H3,(H2,23,24,27). The molecule has 0 unspecified atom stereocenters. The number of amides is 2. The molecule has 1 aliphatic carbocycles. The molecule has 29 heavy (non-hydrogen) atoms. The molecule has 2 heterocycles. The summed E-state index contributed by atoms with van der Waals surface area (Å²) in [5, 5.41) is 7.44. The van der Waals surface area contributed by atoms with Gasteiger partial charge >= 0.3 is 12.0 Å². The van der Waals surface area contributed by atoms with Crippen LogP contribution in [0.1, 0.15) is 50.4 Å². The van der Waals surface area contributed by atoms with Crippen LogP contribution >= 0.6 is 11.6 Å². The number of fused-ring (bicyclic) bond motifs is 4. The van der Waals surface area contributed by atoms with Gasteiger partial charge < -0.3 is 19.8 Å². The van der Waals surface area contributed by atoms with Gasteiger partial charge in [-0.15, -0.1) is 0 Å². The first kappa shape index (κ1) is 20.0. The average Bonchev–Trinajstić information content (AvgIpc) is 3.03. The van der Waals surface area contributed by atoms with Crippen molar-refractivity contribution in [2.24, 2.45) is 0 Å². The van der Waals surface area contributed by atoms with Crippen LogP contribution in [0.2, 0.25) is 5.02 Å². The van der Waals surface area contributed by atoms with Gasteiger partial charge in [0.2, 0.25) is 0 Å². The van der Waals surface area contributed by atoms with Crippen molar-refractivity contribution in [3.05, 3.63) is 28.5 Å². The zero-order chi connectivity index (χ0) is 20.6. The fraction of sp³-hybridized carbons (Fsp3) is 0.524. The topological polar surface area (TPSA) is 83.8 Å². The third-order valence-electron chi connectivity index (χ3n) is 5.72. The maximum Gasteiger partial charge on any atom is 0.320 e. The van der Waals surface area contributed by atoms with E-state index in [2.05, 4.69) is 10.6 Å². The van der Waals surface area contributed by atoms with Crippen LogP contribution in [0.4, 0.5) is 10.5 Å². The second kappa shape index (κ2) is 7.88. The Morgan fingerprint density at radius 2 is 2.07 bits per heavy atom. The second-order valence-electron chi connectivity index (χ2n) is 7.94. The smallest absolute Gasteiger partial charge is 0.320 e. The summed E-state index contributed by atoms with van der Waals surface area (Å²) in [5.41, 5.74) is 1.88. The molecule has 2 amide bonds. The number of carbonyl (C=O) groups is 2. The highest BCUT2D eigenvalue weighted by molar-refractivity contribution is 6.35. The molecule has 1 aromatic carbocycles. The van der Waals surface area contributed by atoms with Crippen molar-refractivity contribution in [1.29, 1.82) is 0 Å². The van der Waals surface area contributed by atoms with E-state index in [1.165, 1.54) is 0 Å². The molecule has 7 nitrogen and oxygen atoms in total. The van der Waals surface area contributed by atoms with E-state index in [1.807, 2.05) is 24.1 Å². The van der Waals surface area contributed by atoms with Crippen LogP contribution in [-0.2, 0) is 21.6 Å². The van der Waals surface area contributed by atoms with Crippen molar-refractivity contribution in [2.45, 2.75) is 51.1 Å². The third-order valence-corrected chi connectivity index (χ3v) is 6.02. The van der Waals surface area contributed by atoms with Crippen molar-refractivity contribution >= 4 is 40.3 Å². The number of urea groups is 1. The van der Waals surface area contributed by atoms with Crippen molar-refractivity contribution < 1.29 is 18.7 Å². The Hall–Kier alpha value is -2.25. The molecule has 2 aliphatic rings. The number of ether oxygens (including phenoxy) is 1. The molecular weight excluding hydrogens is 394 g/mol. The first-order chi connectivity index (χ1) is 13.9. The number of carbonyl (C=O) groups excluding carboxylic acids is 2. The van der Waals surface area contributed by atoms with E-state index in [1.54, 1.807) is 6.92 Å². The molecule has 4 rings (SSSR count). The van der Waals surface area contributed by atoms with Gasteiger partial charge in [-0.05, 0) is 38.9 Å². The van der Waals surface area contributed by atoms with E-state index < -0.39 is 5.54 Å². The number of furan rings is 1. The number of likely N-dealkylation sites (N-methyl/N-ethyl adjacent to an activating group) is 1. The van der Waals surface area contributed by atoms with Crippen molar-refractivity contribution in [2.75, 3.05) is 25.5 Å². The molecule has 1 aliphatic heterocycles. The van der Waals surface area contributed by atoms with Crippen LogP contribution < -0.4 is 10.6 Å². The van der Waals surface area contributed by atoms with E-state index in [9.17, 15) is 9.59 Å². The van der Waals surface area contributed by atoms with Gasteiger partial charge in [0.15, 0.2) is 0 Å². The van der Waals surface area contributed by atoms with Gasteiger partial charge in [-0.2, -0.15) is 0 Å². The number of hydrogen-bond donors (Lipinski definition) is 2. The molecule has 1 spiro atoms. The van der Waals surface area contributed by atoms with Gasteiger partial charge in [0.05, 0.1) is 35.9 Å². The molecule has 0 radical (unpaired) electrons. The van der Waals surface area contributed by atoms with Crippen molar-refractivity contribution in [3.63, 3.8) is 0 Å². The lowest BCUT2D eigenvalue weighted by Crippen LogP contribution is -2.52. The molecule has 0 saturated heterocycles. The minimum absolute atomic E-state index is 0.186. The minimum atomic E-state index is -0.453. The molecule has 1 aromatic heterocycles. The molecule has 8 heteroatoms. The lowest BCUT2D eigenvalue weighted by Gasteiger charge is -2.42. The number of nitrogens with one attached hydrogen (secondary N) is 2. The summed E-state index contributed by atoms with van der Waals surface area (Å²) in [6.45, 7) is 2.80. The number of halogens is 1. The predicted molar refractivity (Wildman–Crippen MR) is 111 cm³/mol. The molecule has 1 saturated carbocycles. The minimum Gasteiger partial charge on any atom is -0.465 e. The Morgan fingerprint density at radius 3 is 2.79 bits per heavy atom. The monoisotopic (exact) mass is 419 g/mol. The summed E-state index contributed by atoms with van der Waals surface area (Å²) in [5.74, 6) is 0.471. The summed E-state index contributed by atoms with van der Waals surface area (Å²) < 4.78 is 11.3. The average molecular weight is 420 g/mol. The van der Waals surface area contributed by atoms with E-state index in [4.69, 9.17) is 20.8 Å². The maximum absolute atomic E-state index is 12.3. The lowest BCUT2D eigenvalue weighted by molar-refractivity contribution is -0.144. The number of hydrogen-bond acceptors (Lipinski definition) is 5. The van der Waals surface area contributed by atoms with E-state index in [0.717, 1.165) is 54.4 Å². The largest absolute Gasteiger partial charge is 0.465 e. The van der Waals surface area contributed by atoms with Crippen LogP contribution in [0.25, 0.3) is 11.0 Å². The van der Waals surface area contributed by atoms with Crippen LogP contribution in [0.15, 0.2) is 16.5 Å². The van der Waals surface area contributed by atoms with Gasteiger partial charge in [-0.3, -0.25) is 9.69 Å². The highest BCUT2D eigenvalue weighted by Gasteiger charge is 2.43. The zero-order valence-corrected chi connectivity index (χ0v) is 17.5. The fourth-order valence-electron chi connectivity index (χ4n) is 4.56.